The van der Waals surface area contributed by atoms with E-state index in [1.807, 2.05) is 6.07 Å². The third-order valence-corrected chi connectivity index (χ3v) is 2.72. The first-order valence-corrected chi connectivity index (χ1v) is 5.80. The molecule has 0 aromatic heterocycles. The number of carbonyl (C=O) groups is 1. The minimum Gasteiger partial charge on any atom is -0.478 e. The maximum atomic E-state index is 11.2. The summed E-state index contributed by atoms with van der Waals surface area (Å²) in [6.07, 6.45) is 0. The Morgan fingerprint density at radius 1 is 1.29 bits per heavy atom. The van der Waals surface area contributed by atoms with Gasteiger partial charge in [-0.2, -0.15) is 5.26 Å². The predicted octanol–water partition coefficient (Wildman–Crippen LogP) is 2.91. The number of hydrogen-bond donors (Lipinski definition) is 2. The molecule has 0 spiro atoms. The van der Waals surface area contributed by atoms with E-state index >= 15 is 0 Å². The lowest BCUT2D eigenvalue weighted by Crippen LogP contribution is -2.04. The van der Waals surface area contributed by atoms with Gasteiger partial charge in [0.2, 0.25) is 0 Å². The molecule has 21 heavy (non-hydrogen) atoms. The lowest BCUT2D eigenvalue weighted by Gasteiger charge is -2.09. The van der Waals surface area contributed by atoms with Crippen LogP contribution in [0.1, 0.15) is 15.9 Å². The van der Waals surface area contributed by atoms with Gasteiger partial charge in [0.05, 0.1) is 27.8 Å². The summed E-state index contributed by atoms with van der Waals surface area (Å²) in [6.45, 7) is 0. The minimum atomic E-state index is -1.28. The van der Waals surface area contributed by atoms with Crippen LogP contribution >= 0.6 is 0 Å². The van der Waals surface area contributed by atoms with Gasteiger partial charge in [0.1, 0.15) is 0 Å². The SMILES string of the molecule is N#Cc1cccc(Nc2ccc([N+](=O)[O-])cc2C(=O)O)c1. The number of rotatable bonds is 4. The van der Waals surface area contributed by atoms with E-state index in [2.05, 4.69) is 5.32 Å². The second-order valence-electron chi connectivity index (χ2n) is 4.11. The van der Waals surface area contributed by atoms with Crippen LogP contribution in [0.5, 0.6) is 0 Å². The number of non-ortho nitro benzene ring substituents is 1. The second-order valence-corrected chi connectivity index (χ2v) is 4.11. The van der Waals surface area contributed by atoms with Crippen LogP contribution in [0.25, 0.3) is 0 Å². The van der Waals surface area contributed by atoms with Crippen LogP contribution in [0, 0.1) is 21.4 Å². The van der Waals surface area contributed by atoms with Gasteiger partial charge in [-0.25, -0.2) is 4.79 Å². The Bertz CT molecular complexity index is 765. The highest BCUT2D eigenvalue weighted by Crippen LogP contribution is 2.25. The number of nitriles is 1. The lowest BCUT2D eigenvalue weighted by molar-refractivity contribution is -0.384. The molecule has 2 aromatic carbocycles. The first-order valence-electron chi connectivity index (χ1n) is 5.80. The van der Waals surface area contributed by atoms with Crippen molar-refractivity contribution < 1.29 is 14.8 Å². The Hall–Kier alpha value is -3.40. The van der Waals surface area contributed by atoms with Crippen molar-refractivity contribution in [2.75, 3.05) is 5.32 Å². The fourth-order valence-electron chi connectivity index (χ4n) is 1.75. The molecule has 0 fully saturated rings. The molecule has 0 aliphatic rings. The molecule has 7 heteroatoms. The highest BCUT2D eigenvalue weighted by Gasteiger charge is 2.16. The first kappa shape index (κ1) is 14.0. The van der Waals surface area contributed by atoms with E-state index < -0.39 is 10.9 Å². The average Bonchev–Trinajstić information content (AvgIpc) is 2.47. The minimum absolute atomic E-state index is 0.211. The van der Waals surface area contributed by atoms with Crippen LogP contribution in [0.4, 0.5) is 17.1 Å². The van der Waals surface area contributed by atoms with Gasteiger partial charge in [-0.1, -0.05) is 6.07 Å². The Morgan fingerprint density at radius 3 is 2.67 bits per heavy atom. The topological polar surface area (TPSA) is 116 Å². The molecule has 0 aliphatic heterocycles. The number of aromatic carboxylic acids is 1. The highest BCUT2D eigenvalue weighted by molar-refractivity contribution is 5.96. The van der Waals surface area contributed by atoms with Crippen molar-refractivity contribution in [1.82, 2.24) is 0 Å². The smallest absolute Gasteiger partial charge is 0.338 e. The van der Waals surface area contributed by atoms with Crippen LogP contribution in [0.15, 0.2) is 42.5 Å². The Balaban J connectivity index is 2.41. The predicted molar refractivity (Wildman–Crippen MR) is 74.5 cm³/mol. The number of benzene rings is 2. The molecule has 0 radical (unpaired) electrons. The van der Waals surface area contributed by atoms with Crippen molar-refractivity contribution in [2.24, 2.45) is 0 Å². The monoisotopic (exact) mass is 283 g/mol. The maximum Gasteiger partial charge on any atom is 0.338 e. The molecular weight excluding hydrogens is 274 g/mol. The number of nitro groups is 1. The molecule has 0 heterocycles. The van der Waals surface area contributed by atoms with E-state index in [1.165, 1.54) is 12.1 Å². The summed E-state index contributed by atoms with van der Waals surface area (Å²) < 4.78 is 0. The molecule has 0 unspecified atom stereocenters. The Labute approximate surface area is 119 Å². The molecule has 0 amide bonds. The zero-order valence-corrected chi connectivity index (χ0v) is 10.6. The molecule has 2 aromatic rings. The van der Waals surface area contributed by atoms with E-state index in [0.717, 1.165) is 6.07 Å². The van der Waals surface area contributed by atoms with Gasteiger partial charge in [0, 0.05) is 17.8 Å². The van der Waals surface area contributed by atoms with E-state index in [9.17, 15) is 14.9 Å². The van der Waals surface area contributed by atoms with E-state index in [4.69, 9.17) is 10.4 Å². The molecule has 2 rings (SSSR count). The highest BCUT2D eigenvalue weighted by atomic mass is 16.6. The van der Waals surface area contributed by atoms with Crippen molar-refractivity contribution in [3.63, 3.8) is 0 Å². The van der Waals surface area contributed by atoms with Gasteiger partial charge >= 0.3 is 5.97 Å². The molecule has 0 bridgehead atoms. The van der Waals surface area contributed by atoms with E-state index in [1.54, 1.807) is 24.3 Å². The number of carboxylic acids is 1. The van der Waals surface area contributed by atoms with Crippen molar-refractivity contribution in [2.45, 2.75) is 0 Å². The summed E-state index contributed by atoms with van der Waals surface area (Å²) in [5.74, 6) is -1.28. The summed E-state index contributed by atoms with van der Waals surface area (Å²) in [6, 6.07) is 12.0. The summed E-state index contributed by atoms with van der Waals surface area (Å²) in [4.78, 5) is 21.2. The fraction of sp³-hybridized carbons (Fsp3) is 0. The molecule has 0 saturated heterocycles. The van der Waals surface area contributed by atoms with Crippen molar-refractivity contribution in [3.8, 4) is 6.07 Å². The second kappa shape index (κ2) is 5.71. The van der Waals surface area contributed by atoms with Gasteiger partial charge in [0.15, 0.2) is 0 Å². The van der Waals surface area contributed by atoms with Crippen LogP contribution in [-0.4, -0.2) is 16.0 Å². The fourth-order valence-corrected chi connectivity index (χ4v) is 1.75. The molecular formula is C14H9N3O4. The van der Waals surface area contributed by atoms with Gasteiger partial charge in [-0.15, -0.1) is 0 Å². The van der Waals surface area contributed by atoms with Crippen LogP contribution in [-0.2, 0) is 0 Å². The number of nitrogens with zero attached hydrogens (tertiary/aromatic N) is 2. The molecule has 0 atom stereocenters. The number of carboxylic acid groups (broad SMARTS) is 1. The lowest BCUT2D eigenvalue weighted by atomic mass is 10.1. The average molecular weight is 283 g/mol. The van der Waals surface area contributed by atoms with Crippen LogP contribution < -0.4 is 5.32 Å². The van der Waals surface area contributed by atoms with Crippen molar-refractivity contribution in [3.05, 3.63) is 63.7 Å². The summed E-state index contributed by atoms with van der Waals surface area (Å²) >= 11 is 0. The molecule has 104 valence electrons. The zero-order chi connectivity index (χ0) is 15.4. The van der Waals surface area contributed by atoms with Crippen LogP contribution in [0.2, 0.25) is 0 Å². The van der Waals surface area contributed by atoms with Gasteiger partial charge in [0.25, 0.3) is 5.69 Å². The molecule has 0 aliphatic carbocycles. The van der Waals surface area contributed by atoms with Crippen molar-refractivity contribution >= 4 is 23.0 Å². The Kier molecular flexibility index (Phi) is 3.81. The third-order valence-electron chi connectivity index (χ3n) is 2.72. The molecule has 2 N–H and O–H groups in total. The largest absolute Gasteiger partial charge is 0.478 e. The first-order chi connectivity index (χ1) is 10.0. The quantitative estimate of drug-likeness (QED) is 0.658. The third kappa shape index (κ3) is 3.13. The summed E-state index contributed by atoms with van der Waals surface area (Å²) in [5, 5.41) is 31.5. The maximum absolute atomic E-state index is 11.2. The number of anilines is 2. The number of nitro benzene ring substituents is 1. The van der Waals surface area contributed by atoms with Crippen LogP contribution in [0.3, 0.4) is 0 Å². The molecule has 7 nitrogen and oxygen atoms in total. The van der Waals surface area contributed by atoms with Gasteiger partial charge in [-0.05, 0) is 24.3 Å². The van der Waals surface area contributed by atoms with Gasteiger partial charge in [-0.3, -0.25) is 10.1 Å². The number of nitrogens with one attached hydrogen (secondary N) is 1. The zero-order valence-electron chi connectivity index (χ0n) is 10.6. The van der Waals surface area contributed by atoms with E-state index in [0.29, 0.717) is 11.3 Å². The summed E-state index contributed by atoms with van der Waals surface area (Å²) in [7, 11) is 0. The van der Waals surface area contributed by atoms with Gasteiger partial charge < -0.3 is 10.4 Å². The summed E-state index contributed by atoms with van der Waals surface area (Å²) in [5.41, 5.74) is 0.627. The van der Waals surface area contributed by atoms with Crippen molar-refractivity contribution in [1.29, 1.82) is 5.26 Å². The number of hydrogen-bond acceptors (Lipinski definition) is 5. The standard InChI is InChI=1S/C14H9N3O4/c15-8-9-2-1-3-10(6-9)16-13-5-4-11(17(20)21)7-12(13)14(18)19/h1-7,16H,(H,18,19). The molecule has 0 saturated carbocycles. The Morgan fingerprint density at radius 2 is 2.05 bits per heavy atom. The van der Waals surface area contributed by atoms with E-state index in [-0.39, 0.29) is 16.9 Å². The normalized spacial score (nSPS) is 9.67.